The van der Waals surface area contributed by atoms with Crippen molar-refractivity contribution in [3.8, 4) is 6.07 Å². The van der Waals surface area contributed by atoms with Gasteiger partial charge < -0.3 is 5.32 Å². The Balaban J connectivity index is 1.96. The summed E-state index contributed by atoms with van der Waals surface area (Å²) in [5.74, 6) is 1.10. The summed E-state index contributed by atoms with van der Waals surface area (Å²) in [7, 11) is 0. The molecule has 4 nitrogen and oxygen atoms in total. The van der Waals surface area contributed by atoms with Gasteiger partial charge in [-0.05, 0) is 43.0 Å². The summed E-state index contributed by atoms with van der Waals surface area (Å²) < 4.78 is 2.15. The molecule has 0 aliphatic heterocycles. The van der Waals surface area contributed by atoms with Crippen molar-refractivity contribution in [2.75, 3.05) is 11.9 Å². The van der Waals surface area contributed by atoms with Crippen molar-refractivity contribution < 1.29 is 0 Å². The summed E-state index contributed by atoms with van der Waals surface area (Å²) in [5.41, 5.74) is 5.71. The lowest BCUT2D eigenvalue weighted by Crippen LogP contribution is -2.12. The van der Waals surface area contributed by atoms with Gasteiger partial charge in [-0.3, -0.25) is 4.40 Å². The summed E-state index contributed by atoms with van der Waals surface area (Å²) in [6.45, 7) is 7.41. The van der Waals surface area contributed by atoms with Gasteiger partial charge in [0.15, 0.2) is 5.65 Å². The standard InChI is InChI=1S/C23H30N4/c1-4-6-7-8-9-12-15-25-22-18(5-2)17(3)19(16-24)23-26-20-13-10-11-14-21(20)27(22)23/h10-11,13-14,25H,4-9,12,15H2,1-3H3. The number of anilines is 1. The quantitative estimate of drug-likeness (QED) is 0.475. The maximum Gasteiger partial charge on any atom is 0.157 e. The van der Waals surface area contributed by atoms with Crippen LogP contribution in [0.25, 0.3) is 16.7 Å². The molecule has 1 N–H and O–H groups in total. The molecule has 0 fully saturated rings. The normalized spacial score (nSPS) is 11.2. The first-order valence-corrected chi connectivity index (χ1v) is 10.3. The molecule has 2 heterocycles. The van der Waals surface area contributed by atoms with Gasteiger partial charge in [0.2, 0.25) is 0 Å². The lowest BCUT2D eigenvalue weighted by Gasteiger charge is -2.18. The van der Waals surface area contributed by atoms with Crippen molar-refractivity contribution >= 4 is 22.5 Å². The number of hydrogen-bond acceptors (Lipinski definition) is 3. The molecule has 0 spiro atoms. The number of rotatable bonds is 9. The molecule has 0 atom stereocenters. The molecule has 0 aliphatic carbocycles. The van der Waals surface area contributed by atoms with Gasteiger partial charge in [0.05, 0.1) is 16.6 Å². The third-order valence-electron chi connectivity index (χ3n) is 5.41. The van der Waals surface area contributed by atoms with Crippen molar-refractivity contribution in [2.24, 2.45) is 0 Å². The highest BCUT2D eigenvalue weighted by Crippen LogP contribution is 2.31. The van der Waals surface area contributed by atoms with Gasteiger partial charge in [0, 0.05) is 6.54 Å². The second-order valence-corrected chi connectivity index (χ2v) is 7.25. The van der Waals surface area contributed by atoms with E-state index in [0.717, 1.165) is 41.0 Å². The Morgan fingerprint density at radius 3 is 2.56 bits per heavy atom. The van der Waals surface area contributed by atoms with Crippen molar-refractivity contribution in [3.05, 3.63) is 41.0 Å². The van der Waals surface area contributed by atoms with Crippen LogP contribution < -0.4 is 5.32 Å². The first-order chi connectivity index (χ1) is 13.2. The van der Waals surface area contributed by atoms with Gasteiger partial charge in [-0.15, -0.1) is 0 Å². The third-order valence-corrected chi connectivity index (χ3v) is 5.41. The molecule has 27 heavy (non-hydrogen) atoms. The fourth-order valence-electron chi connectivity index (χ4n) is 3.92. The SMILES string of the molecule is CCCCCCCCNc1c(CC)c(C)c(C#N)c2nc3ccccc3n12. The van der Waals surface area contributed by atoms with Crippen LogP contribution in [0.4, 0.5) is 5.82 Å². The molecule has 3 aromatic rings. The van der Waals surface area contributed by atoms with Gasteiger partial charge in [-0.25, -0.2) is 4.98 Å². The summed E-state index contributed by atoms with van der Waals surface area (Å²) in [5, 5.41) is 13.4. The smallest absolute Gasteiger partial charge is 0.157 e. The van der Waals surface area contributed by atoms with Crippen molar-refractivity contribution in [3.63, 3.8) is 0 Å². The number of hydrogen-bond donors (Lipinski definition) is 1. The largest absolute Gasteiger partial charge is 0.371 e. The van der Waals surface area contributed by atoms with Crippen molar-refractivity contribution in [1.29, 1.82) is 5.26 Å². The molecule has 3 rings (SSSR count). The Hall–Kier alpha value is -2.54. The highest BCUT2D eigenvalue weighted by atomic mass is 15.1. The minimum atomic E-state index is 0.688. The molecule has 0 aliphatic rings. The topological polar surface area (TPSA) is 53.1 Å². The van der Waals surface area contributed by atoms with E-state index in [1.165, 1.54) is 44.1 Å². The molecular weight excluding hydrogens is 332 g/mol. The van der Waals surface area contributed by atoms with Crippen LogP contribution in [0.1, 0.15) is 69.1 Å². The molecular formula is C23H30N4. The molecule has 0 bridgehead atoms. The van der Waals surface area contributed by atoms with E-state index >= 15 is 0 Å². The summed E-state index contributed by atoms with van der Waals surface area (Å²) in [6.07, 6.45) is 8.59. The molecule has 0 unspecified atom stereocenters. The number of imidazole rings is 1. The second-order valence-electron chi connectivity index (χ2n) is 7.25. The van der Waals surface area contributed by atoms with E-state index in [0.29, 0.717) is 5.56 Å². The van der Waals surface area contributed by atoms with E-state index in [-0.39, 0.29) is 0 Å². The van der Waals surface area contributed by atoms with Crippen molar-refractivity contribution in [1.82, 2.24) is 9.38 Å². The van der Waals surface area contributed by atoms with E-state index in [4.69, 9.17) is 4.98 Å². The second kappa shape index (κ2) is 8.90. The number of nitrogens with zero attached hydrogens (tertiary/aromatic N) is 3. The summed E-state index contributed by atoms with van der Waals surface area (Å²) >= 11 is 0. The lowest BCUT2D eigenvalue weighted by molar-refractivity contribution is 0.616. The number of para-hydroxylation sites is 2. The predicted octanol–water partition coefficient (Wildman–Crippen LogP) is 6.00. The summed E-state index contributed by atoms with van der Waals surface area (Å²) in [4.78, 5) is 4.76. The van der Waals surface area contributed by atoms with Crippen LogP contribution >= 0.6 is 0 Å². The van der Waals surface area contributed by atoms with E-state index in [9.17, 15) is 5.26 Å². The third kappa shape index (κ3) is 3.78. The molecule has 4 heteroatoms. The van der Waals surface area contributed by atoms with Gasteiger partial charge in [-0.1, -0.05) is 58.1 Å². The Morgan fingerprint density at radius 2 is 1.81 bits per heavy atom. The van der Waals surface area contributed by atoms with E-state index < -0.39 is 0 Å². The number of nitrogens with one attached hydrogen (secondary N) is 1. The molecule has 2 aromatic heterocycles. The first kappa shape index (κ1) is 19.2. The summed E-state index contributed by atoms with van der Waals surface area (Å²) in [6, 6.07) is 10.5. The molecule has 0 amide bonds. The van der Waals surface area contributed by atoms with Crippen LogP contribution in [0.2, 0.25) is 0 Å². The Bertz CT molecular complexity index is 962. The number of fused-ring (bicyclic) bond motifs is 3. The number of aromatic nitrogens is 2. The van der Waals surface area contributed by atoms with Crippen LogP contribution in [-0.2, 0) is 6.42 Å². The van der Waals surface area contributed by atoms with Gasteiger partial charge in [0.1, 0.15) is 11.9 Å². The van der Waals surface area contributed by atoms with Crippen LogP contribution in [0, 0.1) is 18.3 Å². The Kier molecular flexibility index (Phi) is 6.34. The first-order valence-electron chi connectivity index (χ1n) is 10.3. The highest BCUT2D eigenvalue weighted by molar-refractivity contribution is 5.86. The molecule has 0 radical (unpaired) electrons. The zero-order valence-corrected chi connectivity index (χ0v) is 16.8. The maximum absolute atomic E-state index is 9.75. The monoisotopic (exact) mass is 362 g/mol. The zero-order chi connectivity index (χ0) is 19.2. The van der Waals surface area contributed by atoms with Crippen LogP contribution in [0.15, 0.2) is 24.3 Å². The van der Waals surface area contributed by atoms with Crippen LogP contribution in [0.5, 0.6) is 0 Å². The zero-order valence-electron chi connectivity index (χ0n) is 16.8. The number of benzene rings is 1. The number of unbranched alkanes of at least 4 members (excludes halogenated alkanes) is 5. The molecule has 0 saturated carbocycles. The lowest BCUT2D eigenvalue weighted by atomic mass is 10.0. The van der Waals surface area contributed by atoms with Crippen LogP contribution in [-0.4, -0.2) is 15.9 Å². The molecule has 1 aromatic carbocycles. The minimum absolute atomic E-state index is 0.688. The minimum Gasteiger partial charge on any atom is -0.371 e. The van der Waals surface area contributed by atoms with Gasteiger partial charge >= 0.3 is 0 Å². The Labute approximate surface area is 162 Å². The van der Waals surface area contributed by atoms with Gasteiger partial charge in [-0.2, -0.15) is 5.26 Å². The fraction of sp³-hybridized carbons (Fsp3) is 0.478. The van der Waals surface area contributed by atoms with Crippen molar-refractivity contribution in [2.45, 2.75) is 65.7 Å². The van der Waals surface area contributed by atoms with E-state index in [1.54, 1.807) is 0 Å². The predicted molar refractivity (Wildman–Crippen MR) is 113 cm³/mol. The molecule has 142 valence electrons. The molecule has 0 saturated heterocycles. The van der Waals surface area contributed by atoms with E-state index in [2.05, 4.69) is 35.7 Å². The fourth-order valence-corrected chi connectivity index (χ4v) is 3.92. The van der Waals surface area contributed by atoms with Crippen LogP contribution in [0.3, 0.4) is 0 Å². The Morgan fingerprint density at radius 1 is 1.07 bits per heavy atom. The van der Waals surface area contributed by atoms with Gasteiger partial charge in [0.25, 0.3) is 0 Å². The number of nitriles is 1. The number of pyridine rings is 1. The average molecular weight is 363 g/mol. The maximum atomic E-state index is 9.75. The highest BCUT2D eigenvalue weighted by Gasteiger charge is 2.19. The average Bonchev–Trinajstić information content (AvgIpc) is 3.06. The van der Waals surface area contributed by atoms with E-state index in [1.807, 2.05) is 25.1 Å².